The number of benzene rings is 1. The first-order valence-electron chi connectivity index (χ1n) is 8.21. The SMILES string of the molecule is COc1cc(C=O)ccc1NCC#Cc1nn2c(N)cccc2c1SC(F)(F)F. The molecule has 0 aliphatic heterocycles. The highest BCUT2D eigenvalue weighted by Crippen LogP contribution is 2.40. The summed E-state index contributed by atoms with van der Waals surface area (Å²) in [6.07, 6.45) is 0.695. The van der Waals surface area contributed by atoms with Crippen LogP contribution in [0.15, 0.2) is 41.3 Å². The molecule has 0 aliphatic rings. The fourth-order valence-corrected chi connectivity index (χ4v) is 3.24. The zero-order valence-electron chi connectivity index (χ0n) is 15.1. The fourth-order valence-electron chi connectivity index (χ4n) is 2.56. The van der Waals surface area contributed by atoms with Crippen molar-refractivity contribution in [2.75, 3.05) is 24.7 Å². The van der Waals surface area contributed by atoms with Gasteiger partial charge in [0.15, 0.2) is 0 Å². The smallest absolute Gasteiger partial charge is 0.446 e. The van der Waals surface area contributed by atoms with Gasteiger partial charge in [0, 0.05) is 5.56 Å². The molecule has 6 nitrogen and oxygen atoms in total. The highest BCUT2D eigenvalue weighted by molar-refractivity contribution is 8.00. The molecule has 0 saturated heterocycles. The fraction of sp³-hybridized carbons (Fsp3) is 0.158. The van der Waals surface area contributed by atoms with Crippen LogP contribution in [0.3, 0.4) is 0 Å². The molecule has 0 bridgehead atoms. The maximum absolute atomic E-state index is 13.0. The van der Waals surface area contributed by atoms with Crippen LogP contribution >= 0.6 is 11.8 Å². The van der Waals surface area contributed by atoms with Crippen molar-refractivity contribution >= 4 is 35.1 Å². The van der Waals surface area contributed by atoms with Crippen LogP contribution in [-0.2, 0) is 0 Å². The van der Waals surface area contributed by atoms with Gasteiger partial charge >= 0.3 is 5.51 Å². The molecular formula is C19H15F3N4O2S. The molecule has 3 rings (SSSR count). The van der Waals surface area contributed by atoms with E-state index in [1.807, 2.05) is 0 Å². The first-order chi connectivity index (χ1) is 13.8. The minimum Gasteiger partial charge on any atom is -0.495 e. The quantitative estimate of drug-likeness (QED) is 0.371. The number of hydrogen-bond acceptors (Lipinski definition) is 6. The highest BCUT2D eigenvalue weighted by atomic mass is 32.2. The molecule has 0 fully saturated rings. The van der Waals surface area contributed by atoms with E-state index in [1.54, 1.807) is 24.3 Å². The van der Waals surface area contributed by atoms with Gasteiger partial charge in [0.1, 0.15) is 23.5 Å². The Bertz CT molecular complexity index is 1120. The summed E-state index contributed by atoms with van der Waals surface area (Å²) in [6.45, 7) is 0.121. The molecule has 0 amide bonds. The molecule has 0 saturated carbocycles. The lowest BCUT2D eigenvalue weighted by molar-refractivity contribution is -0.0327. The number of rotatable bonds is 5. The van der Waals surface area contributed by atoms with Crippen molar-refractivity contribution < 1.29 is 22.7 Å². The van der Waals surface area contributed by atoms with E-state index in [2.05, 4.69) is 22.3 Å². The van der Waals surface area contributed by atoms with Gasteiger partial charge in [-0.05, 0) is 48.0 Å². The van der Waals surface area contributed by atoms with E-state index in [9.17, 15) is 18.0 Å². The third kappa shape index (κ3) is 4.75. The molecule has 10 heteroatoms. The van der Waals surface area contributed by atoms with Crippen LogP contribution in [-0.4, -0.2) is 35.1 Å². The van der Waals surface area contributed by atoms with Crippen LogP contribution in [0.5, 0.6) is 5.75 Å². The number of aromatic nitrogens is 2. The predicted octanol–water partition coefficient (Wildman–Crippen LogP) is 3.81. The van der Waals surface area contributed by atoms with Crippen molar-refractivity contribution in [2.24, 2.45) is 0 Å². The summed E-state index contributed by atoms with van der Waals surface area (Å²) in [5, 5.41) is 7.10. The number of pyridine rings is 1. The largest absolute Gasteiger partial charge is 0.495 e. The van der Waals surface area contributed by atoms with Crippen molar-refractivity contribution in [1.29, 1.82) is 0 Å². The number of anilines is 2. The summed E-state index contributed by atoms with van der Waals surface area (Å²) in [4.78, 5) is 10.7. The van der Waals surface area contributed by atoms with E-state index in [4.69, 9.17) is 10.5 Å². The lowest BCUT2D eigenvalue weighted by atomic mass is 10.2. The number of nitrogens with one attached hydrogen (secondary N) is 1. The van der Waals surface area contributed by atoms with Gasteiger partial charge in [-0.2, -0.15) is 18.3 Å². The predicted molar refractivity (Wildman–Crippen MR) is 105 cm³/mol. The van der Waals surface area contributed by atoms with Crippen molar-refractivity contribution in [3.05, 3.63) is 47.7 Å². The summed E-state index contributed by atoms with van der Waals surface area (Å²) in [7, 11) is 1.46. The van der Waals surface area contributed by atoms with Gasteiger partial charge in [0.25, 0.3) is 0 Å². The molecule has 0 atom stereocenters. The topological polar surface area (TPSA) is 81.6 Å². The van der Waals surface area contributed by atoms with Crippen LogP contribution in [0.1, 0.15) is 16.1 Å². The van der Waals surface area contributed by atoms with Gasteiger partial charge in [-0.1, -0.05) is 12.0 Å². The van der Waals surface area contributed by atoms with Crippen LogP contribution in [0, 0.1) is 11.8 Å². The summed E-state index contributed by atoms with van der Waals surface area (Å²) < 4.78 is 45.4. The number of aldehydes is 1. The summed E-state index contributed by atoms with van der Waals surface area (Å²) >= 11 is -0.278. The molecule has 29 heavy (non-hydrogen) atoms. The number of alkyl halides is 3. The number of methoxy groups -OCH3 is 1. The number of nitrogen functional groups attached to an aromatic ring is 1. The summed E-state index contributed by atoms with van der Waals surface area (Å²) in [6, 6.07) is 9.41. The van der Waals surface area contributed by atoms with Crippen molar-refractivity contribution in [2.45, 2.75) is 10.4 Å². The Morgan fingerprint density at radius 1 is 1.34 bits per heavy atom. The number of nitrogens with zero attached hydrogens (tertiary/aromatic N) is 2. The lowest BCUT2D eigenvalue weighted by Gasteiger charge is -2.09. The van der Waals surface area contributed by atoms with Gasteiger partial charge < -0.3 is 15.8 Å². The van der Waals surface area contributed by atoms with Gasteiger partial charge in [-0.15, -0.1) is 0 Å². The van der Waals surface area contributed by atoms with Crippen molar-refractivity contribution in [3.63, 3.8) is 0 Å². The van der Waals surface area contributed by atoms with Gasteiger partial charge in [0.2, 0.25) is 0 Å². The Balaban J connectivity index is 1.86. The van der Waals surface area contributed by atoms with Crippen molar-refractivity contribution in [3.8, 4) is 17.6 Å². The first-order valence-corrected chi connectivity index (χ1v) is 9.03. The Hall–Kier alpha value is -3.32. The molecule has 150 valence electrons. The molecule has 0 unspecified atom stereocenters. The number of carbonyl (C=O) groups is 1. The Morgan fingerprint density at radius 2 is 2.14 bits per heavy atom. The number of carbonyl (C=O) groups excluding carboxylic acids is 1. The van der Waals surface area contributed by atoms with E-state index >= 15 is 0 Å². The zero-order chi connectivity index (χ0) is 21.0. The maximum atomic E-state index is 13.0. The van der Waals surface area contributed by atoms with E-state index in [1.165, 1.54) is 23.8 Å². The lowest BCUT2D eigenvalue weighted by Crippen LogP contribution is -2.02. The number of nitrogens with two attached hydrogens (primary N) is 1. The highest BCUT2D eigenvalue weighted by Gasteiger charge is 2.32. The second-order valence-electron chi connectivity index (χ2n) is 5.71. The minimum absolute atomic E-state index is 0.0182. The van der Waals surface area contributed by atoms with Crippen LogP contribution in [0.25, 0.3) is 5.52 Å². The molecule has 0 aliphatic carbocycles. The third-order valence-corrected chi connectivity index (χ3v) is 4.63. The van der Waals surface area contributed by atoms with Gasteiger partial charge in [0.05, 0.1) is 29.8 Å². The van der Waals surface area contributed by atoms with E-state index in [-0.39, 0.29) is 40.2 Å². The monoisotopic (exact) mass is 420 g/mol. The second-order valence-corrected chi connectivity index (χ2v) is 6.78. The Kier molecular flexibility index (Phi) is 5.89. The Morgan fingerprint density at radius 3 is 2.83 bits per heavy atom. The van der Waals surface area contributed by atoms with Crippen LogP contribution in [0.2, 0.25) is 0 Å². The van der Waals surface area contributed by atoms with Gasteiger partial charge in [-0.25, -0.2) is 4.52 Å². The number of hydrogen-bond donors (Lipinski definition) is 2. The first kappa shape index (κ1) is 20.4. The summed E-state index contributed by atoms with van der Waals surface area (Å²) in [5.41, 5.74) is 2.57. The average molecular weight is 420 g/mol. The zero-order valence-corrected chi connectivity index (χ0v) is 15.9. The molecule has 3 aromatic rings. The van der Waals surface area contributed by atoms with Crippen LogP contribution < -0.4 is 15.8 Å². The number of thioether (sulfide) groups is 1. The van der Waals surface area contributed by atoms with E-state index < -0.39 is 5.51 Å². The number of halogens is 3. The number of ether oxygens (including phenoxy) is 1. The van der Waals surface area contributed by atoms with Crippen LogP contribution in [0.4, 0.5) is 24.7 Å². The molecule has 2 aromatic heterocycles. The summed E-state index contributed by atoms with van der Waals surface area (Å²) in [5.74, 6) is 6.07. The maximum Gasteiger partial charge on any atom is 0.446 e. The van der Waals surface area contributed by atoms with Gasteiger partial charge in [-0.3, -0.25) is 4.79 Å². The van der Waals surface area contributed by atoms with Crippen molar-refractivity contribution in [1.82, 2.24) is 9.61 Å². The normalized spacial score (nSPS) is 11.0. The molecule has 0 radical (unpaired) electrons. The average Bonchev–Trinajstić information content (AvgIpc) is 3.02. The van der Waals surface area contributed by atoms with E-state index in [0.29, 0.717) is 23.3 Å². The van der Waals surface area contributed by atoms with E-state index in [0.717, 1.165) is 0 Å². The molecule has 3 N–H and O–H groups in total. The minimum atomic E-state index is -4.49. The molecule has 2 heterocycles. The standard InChI is InChI=1S/C19H15F3N4O2S/c1-28-16-10-12(11-27)7-8-13(16)24-9-3-4-14-18(29-19(20,21)22)15-5-2-6-17(23)26(15)25-14/h2,5-8,10-11,24H,9,23H2,1H3. The third-order valence-electron chi connectivity index (χ3n) is 3.80. The molecular weight excluding hydrogens is 405 g/mol. The second kappa shape index (κ2) is 8.36. The number of fused-ring (bicyclic) bond motifs is 1. The Labute approximate surface area is 168 Å². The molecule has 0 spiro atoms. The molecule has 1 aromatic carbocycles.